The van der Waals surface area contributed by atoms with Crippen LogP contribution in [0, 0.1) is 0 Å². The number of hydrogen-bond donors (Lipinski definition) is 1. The van der Waals surface area contributed by atoms with E-state index in [0.717, 1.165) is 17.3 Å². The molecule has 4 heteroatoms. The van der Waals surface area contributed by atoms with Gasteiger partial charge in [0.2, 0.25) is 0 Å². The lowest BCUT2D eigenvalue weighted by Crippen LogP contribution is -2.32. The Bertz CT molecular complexity index is 290. The van der Waals surface area contributed by atoms with Crippen LogP contribution < -0.4 is 10.6 Å². The van der Waals surface area contributed by atoms with Gasteiger partial charge in [-0.3, -0.25) is 0 Å². The van der Waals surface area contributed by atoms with Gasteiger partial charge in [-0.1, -0.05) is 0 Å². The highest BCUT2D eigenvalue weighted by Crippen LogP contribution is 2.20. The molecule has 0 amide bonds. The van der Waals surface area contributed by atoms with Crippen LogP contribution in [0.1, 0.15) is 6.92 Å². The summed E-state index contributed by atoms with van der Waals surface area (Å²) in [7, 11) is 2.03. The van der Waals surface area contributed by atoms with E-state index >= 15 is 0 Å². The van der Waals surface area contributed by atoms with E-state index in [1.165, 1.54) is 0 Å². The second-order valence-corrected chi connectivity index (χ2v) is 4.24. The first-order valence-electron chi connectivity index (χ1n) is 4.59. The van der Waals surface area contributed by atoms with Crippen LogP contribution in [0.5, 0.6) is 0 Å². The molecule has 3 nitrogen and oxygen atoms in total. The molecule has 1 aromatic heterocycles. The monoisotopic (exact) mass is 211 g/mol. The lowest BCUT2D eigenvalue weighted by molar-refractivity contribution is 0.755. The van der Waals surface area contributed by atoms with Crippen LogP contribution in [0.2, 0.25) is 0 Å². The van der Waals surface area contributed by atoms with E-state index < -0.39 is 0 Å². The summed E-state index contributed by atoms with van der Waals surface area (Å²) in [5, 5.41) is 0. The average Bonchev–Trinajstić information content (AvgIpc) is 2.18. The van der Waals surface area contributed by atoms with Crippen molar-refractivity contribution in [2.45, 2.75) is 13.0 Å². The van der Waals surface area contributed by atoms with Gasteiger partial charge in [0.1, 0.15) is 0 Å². The number of anilines is 2. The van der Waals surface area contributed by atoms with Crippen molar-refractivity contribution in [1.29, 1.82) is 0 Å². The summed E-state index contributed by atoms with van der Waals surface area (Å²) < 4.78 is 0. The zero-order valence-corrected chi connectivity index (χ0v) is 9.71. The quantitative estimate of drug-likeness (QED) is 0.825. The molecule has 1 rings (SSSR count). The third-order valence-electron chi connectivity index (χ3n) is 2.22. The Morgan fingerprint density at radius 1 is 1.64 bits per heavy atom. The van der Waals surface area contributed by atoms with Crippen molar-refractivity contribution in [3.63, 3.8) is 0 Å². The highest BCUT2D eigenvalue weighted by atomic mass is 32.2. The minimum atomic E-state index is 0.446. The smallest absolute Gasteiger partial charge is 0.151 e. The lowest BCUT2D eigenvalue weighted by atomic mass is 10.3. The first-order chi connectivity index (χ1) is 6.66. The molecule has 0 fully saturated rings. The first-order valence-corrected chi connectivity index (χ1v) is 5.98. The Labute approximate surface area is 89.7 Å². The molecule has 1 aromatic rings. The van der Waals surface area contributed by atoms with E-state index in [1.807, 2.05) is 30.9 Å². The molecule has 0 saturated carbocycles. The van der Waals surface area contributed by atoms with Crippen LogP contribution in [0.25, 0.3) is 0 Å². The number of nitrogen functional groups attached to an aromatic ring is 1. The molecule has 2 N–H and O–H groups in total. The number of aromatic nitrogens is 1. The van der Waals surface area contributed by atoms with Crippen LogP contribution in [0.15, 0.2) is 18.3 Å². The maximum absolute atomic E-state index is 5.84. The standard InChI is InChI=1S/C10H17N3S/c1-8(7-14-3)13(2)10-9(11)5-4-6-12-10/h4-6,8H,7,11H2,1-3H3. The van der Waals surface area contributed by atoms with Crippen molar-refractivity contribution in [2.75, 3.05) is 29.7 Å². The van der Waals surface area contributed by atoms with Gasteiger partial charge in [0.05, 0.1) is 5.69 Å². The number of nitrogens with zero attached hydrogens (tertiary/aromatic N) is 2. The highest BCUT2D eigenvalue weighted by molar-refractivity contribution is 7.98. The van der Waals surface area contributed by atoms with Crippen LogP contribution >= 0.6 is 11.8 Å². The summed E-state index contributed by atoms with van der Waals surface area (Å²) in [4.78, 5) is 6.39. The molecule has 0 bridgehead atoms. The zero-order valence-electron chi connectivity index (χ0n) is 8.90. The number of nitrogens with two attached hydrogens (primary N) is 1. The van der Waals surface area contributed by atoms with Gasteiger partial charge in [-0.2, -0.15) is 11.8 Å². The van der Waals surface area contributed by atoms with E-state index in [2.05, 4.69) is 23.1 Å². The fourth-order valence-electron chi connectivity index (χ4n) is 1.27. The molecule has 78 valence electrons. The van der Waals surface area contributed by atoms with Crippen LogP contribution in [0.4, 0.5) is 11.5 Å². The van der Waals surface area contributed by atoms with Gasteiger partial charge in [0.25, 0.3) is 0 Å². The molecule has 1 atom stereocenters. The molecule has 1 unspecified atom stereocenters. The minimum Gasteiger partial charge on any atom is -0.396 e. The van der Waals surface area contributed by atoms with Crippen LogP contribution in [0.3, 0.4) is 0 Å². The third-order valence-corrected chi connectivity index (χ3v) is 3.04. The molecule has 14 heavy (non-hydrogen) atoms. The Morgan fingerprint density at radius 3 is 2.93 bits per heavy atom. The van der Waals surface area contributed by atoms with Crippen molar-refractivity contribution in [3.8, 4) is 0 Å². The molecule has 0 radical (unpaired) electrons. The van der Waals surface area contributed by atoms with Crippen molar-refractivity contribution in [2.24, 2.45) is 0 Å². The largest absolute Gasteiger partial charge is 0.396 e. The molecule has 1 heterocycles. The third kappa shape index (κ3) is 2.54. The van der Waals surface area contributed by atoms with Gasteiger partial charge in [-0.25, -0.2) is 4.98 Å². The second-order valence-electron chi connectivity index (χ2n) is 3.33. The molecule has 0 aliphatic carbocycles. The molecule has 0 aliphatic heterocycles. The predicted octanol–water partition coefficient (Wildman–Crippen LogP) is 1.85. The number of rotatable bonds is 4. The van der Waals surface area contributed by atoms with Gasteiger partial charge in [0.15, 0.2) is 5.82 Å². The molecule has 0 spiro atoms. The molecular weight excluding hydrogens is 194 g/mol. The normalized spacial score (nSPS) is 12.5. The fourth-order valence-corrected chi connectivity index (χ4v) is 1.97. The van der Waals surface area contributed by atoms with E-state index in [0.29, 0.717) is 6.04 Å². The van der Waals surface area contributed by atoms with E-state index in [9.17, 15) is 0 Å². The Balaban J connectivity index is 2.78. The van der Waals surface area contributed by atoms with Gasteiger partial charge < -0.3 is 10.6 Å². The molecule has 0 aromatic carbocycles. The molecular formula is C10H17N3S. The van der Waals surface area contributed by atoms with Gasteiger partial charge in [-0.05, 0) is 25.3 Å². The maximum atomic E-state index is 5.84. The topological polar surface area (TPSA) is 42.2 Å². The van der Waals surface area contributed by atoms with E-state index in [-0.39, 0.29) is 0 Å². The minimum absolute atomic E-state index is 0.446. The average molecular weight is 211 g/mol. The Morgan fingerprint density at radius 2 is 2.36 bits per heavy atom. The molecule has 0 aliphatic rings. The molecule has 0 saturated heterocycles. The summed E-state index contributed by atoms with van der Waals surface area (Å²) in [6.45, 7) is 2.17. The Kier molecular flexibility index (Phi) is 4.07. The van der Waals surface area contributed by atoms with Crippen molar-refractivity contribution in [3.05, 3.63) is 18.3 Å². The van der Waals surface area contributed by atoms with Crippen molar-refractivity contribution < 1.29 is 0 Å². The summed E-state index contributed by atoms with van der Waals surface area (Å²) in [5.74, 6) is 1.95. The predicted molar refractivity (Wildman–Crippen MR) is 64.9 cm³/mol. The first kappa shape index (κ1) is 11.2. The van der Waals surface area contributed by atoms with Gasteiger partial charge >= 0.3 is 0 Å². The summed E-state index contributed by atoms with van der Waals surface area (Å²) in [6, 6.07) is 4.18. The van der Waals surface area contributed by atoms with Crippen LogP contribution in [-0.2, 0) is 0 Å². The maximum Gasteiger partial charge on any atom is 0.151 e. The summed E-state index contributed by atoms with van der Waals surface area (Å²) >= 11 is 1.83. The fraction of sp³-hybridized carbons (Fsp3) is 0.500. The second kappa shape index (κ2) is 5.10. The van der Waals surface area contributed by atoms with Crippen LogP contribution in [-0.4, -0.2) is 30.1 Å². The van der Waals surface area contributed by atoms with Crippen molar-refractivity contribution in [1.82, 2.24) is 4.98 Å². The van der Waals surface area contributed by atoms with Gasteiger partial charge in [0, 0.05) is 25.0 Å². The Hall–Kier alpha value is -0.900. The number of hydrogen-bond acceptors (Lipinski definition) is 4. The van der Waals surface area contributed by atoms with E-state index in [4.69, 9.17) is 5.73 Å². The summed E-state index contributed by atoms with van der Waals surface area (Å²) in [6.07, 6.45) is 3.88. The highest BCUT2D eigenvalue weighted by Gasteiger charge is 2.12. The van der Waals surface area contributed by atoms with E-state index in [1.54, 1.807) is 6.20 Å². The summed E-state index contributed by atoms with van der Waals surface area (Å²) in [5.41, 5.74) is 6.58. The lowest BCUT2D eigenvalue weighted by Gasteiger charge is -2.26. The van der Waals surface area contributed by atoms with Gasteiger partial charge in [-0.15, -0.1) is 0 Å². The SMILES string of the molecule is CSCC(C)N(C)c1ncccc1N. The van der Waals surface area contributed by atoms with Crippen molar-refractivity contribution >= 4 is 23.3 Å². The zero-order chi connectivity index (χ0) is 10.6. The number of thioether (sulfide) groups is 1. The number of pyridine rings is 1.